The highest BCUT2D eigenvalue weighted by Crippen LogP contribution is 2.31. The molecule has 0 aliphatic carbocycles. The molecule has 1 aromatic rings. The molecule has 3 heterocycles. The molecule has 0 radical (unpaired) electrons. The van der Waals surface area contributed by atoms with Gasteiger partial charge in [0.25, 0.3) is 5.91 Å². The quantitative estimate of drug-likeness (QED) is 0.714. The van der Waals surface area contributed by atoms with Gasteiger partial charge in [0.2, 0.25) is 11.8 Å². The first-order valence-corrected chi connectivity index (χ1v) is 10.3. The molecule has 1 aromatic carbocycles. The first-order valence-electron chi connectivity index (χ1n) is 10.3. The fourth-order valence-electron chi connectivity index (χ4n) is 4.47. The Morgan fingerprint density at radius 2 is 2.00 bits per heavy atom. The molecule has 3 atom stereocenters. The van der Waals surface area contributed by atoms with E-state index in [-0.39, 0.29) is 30.4 Å². The maximum absolute atomic E-state index is 12.8. The number of amides is 3. The Kier molecular flexibility index (Phi) is 5.56. The summed E-state index contributed by atoms with van der Waals surface area (Å²) in [5.41, 5.74) is 1.43. The molecule has 8 heteroatoms. The summed E-state index contributed by atoms with van der Waals surface area (Å²) in [6, 6.07) is 5.06. The minimum absolute atomic E-state index is 0.0590. The Morgan fingerprint density at radius 1 is 1.21 bits per heavy atom. The molecule has 29 heavy (non-hydrogen) atoms. The van der Waals surface area contributed by atoms with Crippen LogP contribution >= 0.6 is 0 Å². The molecular weight excluding hydrogens is 374 g/mol. The zero-order valence-corrected chi connectivity index (χ0v) is 16.8. The van der Waals surface area contributed by atoms with E-state index in [9.17, 15) is 14.4 Å². The Hall–Kier alpha value is -2.45. The zero-order chi connectivity index (χ0) is 20.5. The van der Waals surface area contributed by atoms with Gasteiger partial charge in [-0.3, -0.25) is 24.6 Å². The molecule has 0 spiro atoms. The Labute approximate surface area is 170 Å². The van der Waals surface area contributed by atoms with Crippen LogP contribution in [0.1, 0.15) is 42.6 Å². The third kappa shape index (κ3) is 3.74. The monoisotopic (exact) mass is 401 g/mol. The molecule has 1 N–H and O–H groups in total. The number of carbonyl (C=O) groups excluding carboxylic acids is 3. The average Bonchev–Trinajstić information content (AvgIpc) is 3.28. The number of piperidine rings is 1. The van der Waals surface area contributed by atoms with Gasteiger partial charge in [0.05, 0.1) is 19.3 Å². The number of carbonyl (C=O) groups is 3. The minimum atomic E-state index is -0.604. The third-order valence-electron chi connectivity index (χ3n) is 6.06. The highest BCUT2D eigenvalue weighted by atomic mass is 16.5. The van der Waals surface area contributed by atoms with Crippen LogP contribution in [0.25, 0.3) is 0 Å². The predicted octanol–water partition coefficient (Wildman–Crippen LogP) is 0.936. The van der Waals surface area contributed by atoms with Gasteiger partial charge in [-0.05, 0) is 43.3 Å². The lowest BCUT2D eigenvalue weighted by atomic mass is 10.0. The fraction of sp³-hybridized carbons (Fsp3) is 0.571. The second-order valence-electron chi connectivity index (χ2n) is 7.70. The van der Waals surface area contributed by atoms with Gasteiger partial charge < -0.3 is 14.4 Å². The van der Waals surface area contributed by atoms with Crippen LogP contribution in [-0.2, 0) is 20.9 Å². The number of likely N-dealkylation sites (N-methyl/N-ethyl adjacent to an activating group) is 1. The number of fused-ring (bicyclic) bond motifs is 1. The van der Waals surface area contributed by atoms with Crippen molar-refractivity contribution in [3.63, 3.8) is 0 Å². The lowest BCUT2D eigenvalue weighted by Crippen LogP contribution is -2.52. The van der Waals surface area contributed by atoms with Crippen molar-refractivity contribution < 1.29 is 23.9 Å². The number of imide groups is 1. The summed E-state index contributed by atoms with van der Waals surface area (Å²) in [4.78, 5) is 40.2. The number of benzene rings is 1. The Balaban J connectivity index is 1.48. The predicted molar refractivity (Wildman–Crippen MR) is 104 cm³/mol. The third-order valence-corrected chi connectivity index (χ3v) is 6.06. The van der Waals surface area contributed by atoms with Gasteiger partial charge >= 0.3 is 0 Å². The van der Waals surface area contributed by atoms with Crippen LogP contribution in [0.3, 0.4) is 0 Å². The second kappa shape index (κ2) is 8.12. The first-order chi connectivity index (χ1) is 14.0. The van der Waals surface area contributed by atoms with Crippen molar-refractivity contribution in [1.29, 1.82) is 0 Å². The van der Waals surface area contributed by atoms with Gasteiger partial charge in [-0.1, -0.05) is 13.8 Å². The van der Waals surface area contributed by atoms with Gasteiger partial charge in [-0.2, -0.15) is 0 Å². The summed E-state index contributed by atoms with van der Waals surface area (Å²) in [5, 5.41) is 2.32. The van der Waals surface area contributed by atoms with Crippen molar-refractivity contribution in [1.82, 2.24) is 15.1 Å². The lowest BCUT2D eigenvalue weighted by molar-refractivity contribution is -0.136. The second-order valence-corrected chi connectivity index (χ2v) is 7.70. The van der Waals surface area contributed by atoms with E-state index in [0.717, 1.165) is 18.7 Å². The van der Waals surface area contributed by atoms with E-state index in [4.69, 9.17) is 9.47 Å². The highest BCUT2D eigenvalue weighted by molar-refractivity contribution is 6.05. The van der Waals surface area contributed by atoms with Crippen molar-refractivity contribution >= 4 is 17.7 Å². The SMILES string of the molecule is CCN(CC)[C@@H]1COC[C@H]1Oc1ccc2c(c1)CN(C1CCC(=O)NC1=O)C2=O. The van der Waals surface area contributed by atoms with Gasteiger partial charge in [-0.25, -0.2) is 0 Å². The van der Waals surface area contributed by atoms with E-state index >= 15 is 0 Å². The molecule has 0 bridgehead atoms. The Morgan fingerprint density at radius 3 is 2.72 bits per heavy atom. The topological polar surface area (TPSA) is 88.2 Å². The summed E-state index contributed by atoms with van der Waals surface area (Å²) in [5.74, 6) is -0.155. The normalized spacial score (nSPS) is 26.8. The lowest BCUT2D eigenvalue weighted by Gasteiger charge is -2.29. The maximum Gasteiger partial charge on any atom is 0.255 e. The van der Waals surface area contributed by atoms with Gasteiger partial charge in [0.15, 0.2) is 0 Å². The van der Waals surface area contributed by atoms with Crippen molar-refractivity contribution in [3.8, 4) is 5.75 Å². The van der Waals surface area contributed by atoms with Crippen LogP contribution in [-0.4, -0.2) is 72.0 Å². The molecule has 8 nitrogen and oxygen atoms in total. The van der Waals surface area contributed by atoms with E-state index in [0.29, 0.717) is 37.5 Å². The molecule has 2 saturated heterocycles. The van der Waals surface area contributed by atoms with Crippen LogP contribution in [0.5, 0.6) is 5.75 Å². The molecule has 4 rings (SSSR count). The number of ether oxygens (including phenoxy) is 2. The largest absolute Gasteiger partial charge is 0.486 e. The first kappa shape index (κ1) is 19.8. The molecule has 0 saturated carbocycles. The van der Waals surface area contributed by atoms with Crippen LogP contribution in [0.2, 0.25) is 0 Å². The van der Waals surface area contributed by atoms with Crippen molar-refractivity contribution in [2.75, 3.05) is 26.3 Å². The number of nitrogens with one attached hydrogen (secondary N) is 1. The molecular formula is C21H27N3O5. The van der Waals surface area contributed by atoms with Crippen LogP contribution in [0.4, 0.5) is 0 Å². The molecule has 3 aliphatic heterocycles. The van der Waals surface area contributed by atoms with Gasteiger partial charge in [-0.15, -0.1) is 0 Å². The fourth-order valence-corrected chi connectivity index (χ4v) is 4.47. The zero-order valence-electron chi connectivity index (χ0n) is 16.8. The van der Waals surface area contributed by atoms with Crippen molar-refractivity contribution in [2.24, 2.45) is 0 Å². The number of hydrogen-bond acceptors (Lipinski definition) is 6. The summed E-state index contributed by atoms with van der Waals surface area (Å²) >= 11 is 0. The van der Waals surface area contributed by atoms with Gasteiger partial charge in [0.1, 0.15) is 17.9 Å². The van der Waals surface area contributed by atoms with E-state index in [1.165, 1.54) is 0 Å². The van der Waals surface area contributed by atoms with Crippen LogP contribution in [0.15, 0.2) is 18.2 Å². The minimum Gasteiger partial charge on any atom is -0.486 e. The summed E-state index contributed by atoms with van der Waals surface area (Å²) in [6.45, 7) is 7.66. The average molecular weight is 401 g/mol. The number of rotatable bonds is 6. The summed E-state index contributed by atoms with van der Waals surface area (Å²) in [6.07, 6.45) is 0.550. The van der Waals surface area contributed by atoms with E-state index in [2.05, 4.69) is 24.1 Å². The van der Waals surface area contributed by atoms with E-state index in [1.807, 2.05) is 12.1 Å². The standard InChI is InChI=1S/C21H27N3O5/c1-3-23(4-2)17-11-28-12-18(17)29-14-5-6-15-13(9-14)10-24(21(15)27)16-7-8-19(25)22-20(16)26/h5-6,9,16-18H,3-4,7-8,10-12H2,1-2H3,(H,22,25,26)/t16?,17-,18-/m1/s1. The van der Waals surface area contributed by atoms with Crippen LogP contribution < -0.4 is 10.1 Å². The highest BCUT2D eigenvalue weighted by Gasteiger charge is 2.39. The molecule has 0 aromatic heterocycles. The maximum atomic E-state index is 12.8. The molecule has 2 fully saturated rings. The Bertz CT molecular complexity index is 823. The van der Waals surface area contributed by atoms with Crippen molar-refractivity contribution in [2.45, 2.75) is 51.4 Å². The molecule has 1 unspecified atom stereocenters. The van der Waals surface area contributed by atoms with E-state index in [1.54, 1.807) is 11.0 Å². The molecule has 3 aliphatic rings. The summed E-state index contributed by atoms with van der Waals surface area (Å²) in [7, 11) is 0. The molecule has 156 valence electrons. The summed E-state index contributed by atoms with van der Waals surface area (Å²) < 4.78 is 11.9. The number of hydrogen-bond donors (Lipinski definition) is 1. The van der Waals surface area contributed by atoms with E-state index < -0.39 is 11.9 Å². The van der Waals surface area contributed by atoms with Gasteiger partial charge in [0, 0.05) is 18.5 Å². The molecule has 3 amide bonds. The van der Waals surface area contributed by atoms with Crippen molar-refractivity contribution in [3.05, 3.63) is 29.3 Å². The number of nitrogens with zero attached hydrogens (tertiary/aromatic N) is 2. The smallest absolute Gasteiger partial charge is 0.255 e. The van der Waals surface area contributed by atoms with Crippen LogP contribution in [0, 0.1) is 0 Å².